The summed E-state index contributed by atoms with van der Waals surface area (Å²) in [6, 6.07) is 10.0. The normalized spacial score (nSPS) is 36.9. The zero-order valence-corrected chi connectivity index (χ0v) is 18.3. The van der Waals surface area contributed by atoms with Crippen LogP contribution in [0.5, 0.6) is 0 Å². The zero-order chi connectivity index (χ0) is 21.4. The lowest BCUT2D eigenvalue weighted by Gasteiger charge is -2.55. The standard InChI is InChI=1S/C26H34O3/c1-6-20-16-25(7-2,15-14-19-12-10-9-11-13-19)26(8-3,24(28)29)22-18(5)23(27)17(4)21(20)22/h9-18,21-22H,6-8H2,1-5H3,(H,28,29)/b15-14+/t17-,18-,21+,22-,25+,26-/m1/s1. The minimum atomic E-state index is -0.990. The first-order chi connectivity index (χ1) is 13.8. The Morgan fingerprint density at radius 3 is 2.24 bits per heavy atom. The number of aliphatic carboxylic acids is 1. The molecule has 0 radical (unpaired) electrons. The summed E-state index contributed by atoms with van der Waals surface area (Å²) in [7, 11) is 0. The highest BCUT2D eigenvalue weighted by Gasteiger charge is 2.67. The fourth-order valence-electron chi connectivity index (χ4n) is 6.48. The van der Waals surface area contributed by atoms with Crippen LogP contribution in [0, 0.1) is 34.5 Å². The Balaban J connectivity index is 2.28. The van der Waals surface area contributed by atoms with Gasteiger partial charge in [-0.05, 0) is 36.7 Å². The molecule has 0 unspecified atom stereocenters. The van der Waals surface area contributed by atoms with Crippen LogP contribution >= 0.6 is 0 Å². The Labute approximate surface area is 174 Å². The van der Waals surface area contributed by atoms with Crippen molar-refractivity contribution >= 4 is 17.8 Å². The number of hydrogen-bond donors (Lipinski definition) is 1. The molecule has 0 amide bonds. The van der Waals surface area contributed by atoms with Crippen molar-refractivity contribution in [3.63, 3.8) is 0 Å². The molecule has 0 heterocycles. The molecule has 0 saturated heterocycles. The second kappa shape index (κ2) is 7.93. The summed E-state index contributed by atoms with van der Waals surface area (Å²) in [5, 5.41) is 10.7. The monoisotopic (exact) mass is 394 g/mol. The van der Waals surface area contributed by atoms with Crippen LogP contribution in [0.15, 0.2) is 48.1 Å². The van der Waals surface area contributed by atoms with Gasteiger partial charge in [0.2, 0.25) is 0 Å². The third kappa shape index (κ3) is 3.01. The Hall–Kier alpha value is -2.16. The maximum atomic E-state index is 13.0. The van der Waals surface area contributed by atoms with Crippen molar-refractivity contribution in [2.75, 3.05) is 0 Å². The molecule has 1 aromatic carbocycles. The lowest BCUT2D eigenvalue weighted by Crippen LogP contribution is -2.56. The van der Waals surface area contributed by atoms with Crippen molar-refractivity contribution in [1.29, 1.82) is 0 Å². The number of carboxylic acid groups (broad SMARTS) is 1. The highest BCUT2D eigenvalue weighted by Crippen LogP contribution is 2.65. The van der Waals surface area contributed by atoms with Gasteiger partial charge in [-0.25, -0.2) is 0 Å². The largest absolute Gasteiger partial charge is 0.481 e. The topological polar surface area (TPSA) is 54.4 Å². The van der Waals surface area contributed by atoms with E-state index in [0.717, 1.165) is 12.0 Å². The van der Waals surface area contributed by atoms with Gasteiger partial charge in [0.1, 0.15) is 5.78 Å². The number of rotatable bonds is 6. The molecule has 2 aliphatic carbocycles. The Kier molecular flexibility index (Phi) is 5.89. The van der Waals surface area contributed by atoms with Crippen molar-refractivity contribution < 1.29 is 14.7 Å². The van der Waals surface area contributed by atoms with Gasteiger partial charge in [-0.1, -0.05) is 88.8 Å². The van der Waals surface area contributed by atoms with Crippen molar-refractivity contribution in [2.24, 2.45) is 34.5 Å². The van der Waals surface area contributed by atoms with Gasteiger partial charge in [0, 0.05) is 17.3 Å². The van der Waals surface area contributed by atoms with Crippen LogP contribution in [0.4, 0.5) is 0 Å². The molecule has 0 spiro atoms. The van der Waals surface area contributed by atoms with E-state index < -0.39 is 16.8 Å². The zero-order valence-electron chi connectivity index (χ0n) is 18.3. The molecule has 3 rings (SSSR count). The fraction of sp³-hybridized carbons (Fsp3) is 0.538. The third-order valence-corrected chi connectivity index (χ3v) is 7.94. The Morgan fingerprint density at radius 1 is 1.07 bits per heavy atom. The van der Waals surface area contributed by atoms with Gasteiger partial charge in [-0.15, -0.1) is 0 Å². The van der Waals surface area contributed by atoms with Gasteiger partial charge >= 0.3 is 5.97 Å². The second-order valence-electron chi connectivity index (χ2n) is 8.87. The number of allylic oxidation sites excluding steroid dienone is 3. The highest BCUT2D eigenvalue weighted by molar-refractivity contribution is 5.89. The van der Waals surface area contributed by atoms with E-state index in [-0.39, 0.29) is 29.5 Å². The first kappa shape index (κ1) is 21.5. The number of benzene rings is 1. The van der Waals surface area contributed by atoms with Crippen molar-refractivity contribution in [2.45, 2.75) is 53.9 Å². The predicted octanol–water partition coefficient (Wildman–Crippen LogP) is 6.01. The molecule has 2 aliphatic rings. The summed E-state index contributed by atoms with van der Waals surface area (Å²) in [6.45, 7) is 10.1. The number of carbonyl (C=O) groups is 2. The summed E-state index contributed by atoms with van der Waals surface area (Å²) in [5.74, 6) is -1.04. The molecular weight excluding hydrogens is 360 g/mol. The summed E-state index contributed by atoms with van der Waals surface area (Å²) in [4.78, 5) is 26.0. The molecule has 3 nitrogen and oxygen atoms in total. The molecule has 1 N–H and O–H groups in total. The van der Waals surface area contributed by atoms with Crippen molar-refractivity contribution in [1.82, 2.24) is 0 Å². The summed E-state index contributed by atoms with van der Waals surface area (Å²) in [5.41, 5.74) is 0.711. The van der Waals surface area contributed by atoms with Crippen molar-refractivity contribution in [3.8, 4) is 0 Å². The van der Waals surface area contributed by atoms with E-state index in [0.29, 0.717) is 12.8 Å². The maximum Gasteiger partial charge on any atom is 0.311 e. The third-order valence-electron chi connectivity index (χ3n) is 7.94. The van der Waals surface area contributed by atoms with E-state index in [1.54, 1.807) is 0 Å². The van der Waals surface area contributed by atoms with Crippen LogP contribution in [-0.2, 0) is 9.59 Å². The summed E-state index contributed by atoms with van der Waals surface area (Å²) in [6.07, 6.45) is 8.46. The smallest absolute Gasteiger partial charge is 0.311 e. The SMILES string of the molecule is CCC1=C[C@@](/C=C/c2ccccc2)(CC)[C@@](CC)(C(=O)O)[C@H]2[C@H]1[C@@H](C)C(=O)[C@@H]2C. The minimum absolute atomic E-state index is 0.0309. The van der Waals surface area contributed by atoms with Crippen LogP contribution in [0.2, 0.25) is 0 Å². The number of Topliss-reactive ketones (excluding diaryl/α,β-unsaturated/α-hetero) is 1. The fourth-order valence-corrected chi connectivity index (χ4v) is 6.48. The van der Waals surface area contributed by atoms with E-state index in [9.17, 15) is 14.7 Å². The van der Waals surface area contributed by atoms with Crippen LogP contribution in [-0.4, -0.2) is 16.9 Å². The molecule has 0 aliphatic heterocycles. The number of ketones is 1. The van der Waals surface area contributed by atoms with Gasteiger partial charge in [-0.3, -0.25) is 9.59 Å². The molecule has 0 aromatic heterocycles. The molecule has 1 aromatic rings. The lowest BCUT2D eigenvalue weighted by molar-refractivity contribution is -0.165. The lowest BCUT2D eigenvalue weighted by atomic mass is 9.47. The quantitative estimate of drug-likeness (QED) is 0.601. The summed E-state index contributed by atoms with van der Waals surface area (Å²) < 4.78 is 0. The number of carboxylic acids is 1. The maximum absolute atomic E-state index is 13.0. The highest BCUT2D eigenvalue weighted by atomic mass is 16.4. The number of fused-ring (bicyclic) bond motifs is 1. The minimum Gasteiger partial charge on any atom is -0.481 e. The Bertz CT molecular complexity index is 837. The van der Waals surface area contributed by atoms with Crippen molar-refractivity contribution in [3.05, 3.63) is 53.6 Å². The number of carbonyl (C=O) groups excluding carboxylic acids is 1. The van der Waals surface area contributed by atoms with E-state index in [1.807, 2.05) is 51.1 Å². The molecule has 3 heteroatoms. The van der Waals surface area contributed by atoms with Gasteiger partial charge in [0.15, 0.2) is 0 Å². The second-order valence-corrected chi connectivity index (χ2v) is 8.87. The Morgan fingerprint density at radius 2 is 1.72 bits per heavy atom. The molecular formula is C26H34O3. The van der Waals surface area contributed by atoms with Crippen LogP contribution < -0.4 is 0 Å². The molecule has 156 valence electrons. The van der Waals surface area contributed by atoms with E-state index in [1.165, 1.54) is 5.57 Å². The van der Waals surface area contributed by atoms with E-state index in [2.05, 4.69) is 32.1 Å². The van der Waals surface area contributed by atoms with Crippen LogP contribution in [0.1, 0.15) is 59.4 Å². The molecule has 0 bridgehead atoms. The van der Waals surface area contributed by atoms with Gasteiger partial charge < -0.3 is 5.11 Å². The molecule has 6 atom stereocenters. The number of hydrogen-bond acceptors (Lipinski definition) is 2. The average molecular weight is 395 g/mol. The van der Waals surface area contributed by atoms with Gasteiger partial charge in [0.25, 0.3) is 0 Å². The average Bonchev–Trinajstić information content (AvgIpc) is 2.96. The predicted molar refractivity (Wildman–Crippen MR) is 117 cm³/mol. The summed E-state index contributed by atoms with van der Waals surface area (Å²) >= 11 is 0. The molecule has 29 heavy (non-hydrogen) atoms. The van der Waals surface area contributed by atoms with Gasteiger partial charge in [0.05, 0.1) is 5.41 Å². The van der Waals surface area contributed by atoms with Crippen LogP contribution in [0.3, 0.4) is 0 Å². The van der Waals surface area contributed by atoms with E-state index in [4.69, 9.17) is 0 Å². The first-order valence-electron chi connectivity index (χ1n) is 11.0. The first-order valence-corrected chi connectivity index (χ1v) is 11.0. The van der Waals surface area contributed by atoms with Crippen LogP contribution in [0.25, 0.3) is 6.08 Å². The van der Waals surface area contributed by atoms with E-state index >= 15 is 0 Å². The molecule has 1 fully saturated rings. The van der Waals surface area contributed by atoms with Gasteiger partial charge in [-0.2, -0.15) is 0 Å². The molecule has 1 saturated carbocycles.